The highest BCUT2D eigenvalue weighted by molar-refractivity contribution is 4.88. The molecule has 0 aliphatic carbocycles. The number of rotatable bonds is 3. The van der Waals surface area contributed by atoms with Gasteiger partial charge in [0.2, 0.25) is 0 Å². The van der Waals surface area contributed by atoms with Gasteiger partial charge in [-0.2, -0.15) is 0 Å². The molecule has 1 rings (SSSR count). The Kier molecular flexibility index (Phi) is 3.42. The molecule has 1 aliphatic heterocycles. The normalized spacial score (nSPS) is 38.5. The van der Waals surface area contributed by atoms with Gasteiger partial charge in [-0.3, -0.25) is 0 Å². The first-order valence-electron chi connectivity index (χ1n) is 3.97. The molecule has 0 saturated carbocycles. The van der Waals surface area contributed by atoms with Crippen LogP contribution < -0.4 is 5.32 Å². The highest BCUT2D eigenvalue weighted by atomic mass is 16.5. The third-order valence-corrected chi connectivity index (χ3v) is 1.98. The molecule has 0 aromatic heterocycles. The van der Waals surface area contributed by atoms with Crippen LogP contribution in [0.4, 0.5) is 0 Å². The van der Waals surface area contributed by atoms with Crippen molar-refractivity contribution < 1.29 is 20.1 Å². The zero-order valence-corrected chi connectivity index (χ0v) is 6.97. The largest absolute Gasteiger partial charge is 0.389 e. The van der Waals surface area contributed by atoms with E-state index < -0.39 is 24.4 Å². The molecule has 1 aliphatic rings. The zero-order chi connectivity index (χ0) is 9.14. The topological polar surface area (TPSA) is 82.0 Å². The van der Waals surface area contributed by atoms with Gasteiger partial charge in [-0.05, 0) is 7.05 Å². The SMILES string of the molecule is CNC[C@H](O)[C@@H]1OC[C@H](O)[C@H]1O. The first-order valence-corrected chi connectivity index (χ1v) is 3.97. The Labute approximate surface area is 71.0 Å². The van der Waals surface area contributed by atoms with Gasteiger partial charge in [-0.1, -0.05) is 0 Å². The summed E-state index contributed by atoms with van der Waals surface area (Å²) in [5.41, 5.74) is 0. The van der Waals surface area contributed by atoms with Crippen LogP contribution in [0.3, 0.4) is 0 Å². The Balaban J connectivity index is 2.41. The zero-order valence-electron chi connectivity index (χ0n) is 6.97. The number of aliphatic hydroxyl groups excluding tert-OH is 3. The summed E-state index contributed by atoms with van der Waals surface area (Å²) in [7, 11) is 1.70. The molecule has 0 amide bonds. The lowest BCUT2D eigenvalue weighted by Gasteiger charge is -2.20. The summed E-state index contributed by atoms with van der Waals surface area (Å²) in [4.78, 5) is 0. The monoisotopic (exact) mass is 177 g/mol. The Hall–Kier alpha value is -0.200. The molecule has 4 N–H and O–H groups in total. The van der Waals surface area contributed by atoms with Crippen molar-refractivity contribution in [2.75, 3.05) is 20.2 Å². The minimum absolute atomic E-state index is 0.0899. The average Bonchev–Trinajstić information content (AvgIpc) is 2.34. The molecule has 1 fully saturated rings. The number of hydrogen-bond acceptors (Lipinski definition) is 5. The van der Waals surface area contributed by atoms with E-state index >= 15 is 0 Å². The van der Waals surface area contributed by atoms with Gasteiger partial charge in [0.05, 0.1) is 12.7 Å². The molecule has 5 heteroatoms. The van der Waals surface area contributed by atoms with Gasteiger partial charge in [0.15, 0.2) is 0 Å². The van der Waals surface area contributed by atoms with Crippen LogP contribution in [0.15, 0.2) is 0 Å². The fraction of sp³-hybridized carbons (Fsp3) is 1.00. The quantitative estimate of drug-likeness (QED) is 0.389. The van der Waals surface area contributed by atoms with Crippen molar-refractivity contribution in [2.45, 2.75) is 24.4 Å². The predicted molar refractivity (Wildman–Crippen MR) is 41.7 cm³/mol. The lowest BCUT2D eigenvalue weighted by Crippen LogP contribution is -2.42. The van der Waals surface area contributed by atoms with E-state index in [-0.39, 0.29) is 6.61 Å². The van der Waals surface area contributed by atoms with Crippen LogP contribution in [0, 0.1) is 0 Å². The van der Waals surface area contributed by atoms with E-state index in [1.54, 1.807) is 7.05 Å². The van der Waals surface area contributed by atoms with Gasteiger partial charge in [-0.15, -0.1) is 0 Å². The van der Waals surface area contributed by atoms with Crippen molar-refractivity contribution in [3.05, 3.63) is 0 Å². The number of aliphatic hydroxyl groups is 3. The summed E-state index contributed by atoms with van der Waals surface area (Å²) >= 11 is 0. The van der Waals surface area contributed by atoms with Crippen LogP contribution >= 0.6 is 0 Å². The lowest BCUT2D eigenvalue weighted by molar-refractivity contribution is -0.0487. The van der Waals surface area contributed by atoms with E-state index in [9.17, 15) is 10.2 Å². The van der Waals surface area contributed by atoms with E-state index in [2.05, 4.69) is 5.32 Å². The van der Waals surface area contributed by atoms with Crippen LogP contribution in [0.25, 0.3) is 0 Å². The fourth-order valence-corrected chi connectivity index (χ4v) is 1.29. The molecule has 4 atom stereocenters. The first kappa shape index (κ1) is 9.88. The van der Waals surface area contributed by atoms with Crippen molar-refractivity contribution in [2.24, 2.45) is 0 Å². The molecule has 12 heavy (non-hydrogen) atoms. The smallest absolute Gasteiger partial charge is 0.113 e. The summed E-state index contributed by atoms with van der Waals surface area (Å²) in [6.07, 6.45) is -3.30. The molecular formula is C7H15NO4. The highest BCUT2D eigenvalue weighted by Crippen LogP contribution is 2.16. The Morgan fingerprint density at radius 2 is 2.25 bits per heavy atom. The Morgan fingerprint density at radius 3 is 2.67 bits per heavy atom. The molecule has 0 radical (unpaired) electrons. The summed E-state index contributed by atoms with van der Waals surface area (Å²) in [6, 6.07) is 0. The maximum atomic E-state index is 9.38. The van der Waals surface area contributed by atoms with Crippen molar-refractivity contribution >= 4 is 0 Å². The molecular weight excluding hydrogens is 162 g/mol. The van der Waals surface area contributed by atoms with Crippen LogP contribution in [-0.2, 0) is 4.74 Å². The number of hydrogen-bond donors (Lipinski definition) is 4. The van der Waals surface area contributed by atoms with Crippen LogP contribution in [0.1, 0.15) is 0 Å². The molecule has 0 spiro atoms. The van der Waals surface area contributed by atoms with E-state index in [0.29, 0.717) is 6.54 Å². The van der Waals surface area contributed by atoms with Crippen molar-refractivity contribution in [1.82, 2.24) is 5.32 Å². The van der Waals surface area contributed by atoms with Crippen molar-refractivity contribution in [3.63, 3.8) is 0 Å². The minimum atomic E-state index is -0.978. The average molecular weight is 177 g/mol. The Morgan fingerprint density at radius 1 is 1.58 bits per heavy atom. The summed E-state index contributed by atoms with van der Waals surface area (Å²) in [5.74, 6) is 0. The number of ether oxygens (including phenoxy) is 1. The van der Waals surface area contributed by atoms with E-state index in [1.165, 1.54) is 0 Å². The number of likely N-dealkylation sites (N-methyl/N-ethyl adjacent to an activating group) is 1. The maximum Gasteiger partial charge on any atom is 0.113 e. The van der Waals surface area contributed by atoms with E-state index in [4.69, 9.17) is 9.84 Å². The molecule has 1 heterocycles. The van der Waals surface area contributed by atoms with E-state index in [0.717, 1.165) is 0 Å². The third-order valence-electron chi connectivity index (χ3n) is 1.98. The van der Waals surface area contributed by atoms with Crippen LogP contribution in [0.5, 0.6) is 0 Å². The molecule has 0 unspecified atom stereocenters. The lowest BCUT2D eigenvalue weighted by atomic mass is 10.1. The van der Waals surface area contributed by atoms with Crippen molar-refractivity contribution in [1.29, 1.82) is 0 Å². The van der Waals surface area contributed by atoms with Crippen molar-refractivity contribution in [3.8, 4) is 0 Å². The fourth-order valence-electron chi connectivity index (χ4n) is 1.29. The maximum absolute atomic E-state index is 9.38. The summed E-state index contributed by atoms with van der Waals surface area (Å²) < 4.78 is 5.00. The first-order chi connectivity index (χ1) is 5.66. The van der Waals surface area contributed by atoms with Gasteiger partial charge in [0, 0.05) is 6.54 Å². The van der Waals surface area contributed by atoms with Gasteiger partial charge in [0.25, 0.3) is 0 Å². The van der Waals surface area contributed by atoms with Crippen LogP contribution in [0.2, 0.25) is 0 Å². The summed E-state index contributed by atoms with van der Waals surface area (Å²) in [5, 5.41) is 30.5. The van der Waals surface area contributed by atoms with Gasteiger partial charge >= 0.3 is 0 Å². The van der Waals surface area contributed by atoms with Gasteiger partial charge in [0.1, 0.15) is 18.3 Å². The molecule has 0 bridgehead atoms. The number of nitrogens with one attached hydrogen (secondary N) is 1. The minimum Gasteiger partial charge on any atom is -0.389 e. The van der Waals surface area contributed by atoms with Gasteiger partial charge in [-0.25, -0.2) is 0 Å². The standard InChI is InChI=1S/C7H15NO4/c1-8-2-4(9)7-6(11)5(10)3-12-7/h4-11H,2-3H2,1H3/t4-,5-,6+,7-/m0/s1. The highest BCUT2D eigenvalue weighted by Gasteiger charge is 2.38. The molecule has 72 valence electrons. The second kappa shape index (κ2) is 4.15. The van der Waals surface area contributed by atoms with Gasteiger partial charge < -0.3 is 25.4 Å². The van der Waals surface area contributed by atoms with Crippen LogP contribution in [-0.4, -0.2) is 59.9 Å². The molecule has 1 saturated heterocycles. The molecule has 0 aromatic rings. The second-order valence-corrected chi connectivity index (χ2v) is 2.98. The third kappa shape index (κ3) is 1.94. The Bertz CT molecular complexity index is 143. The predicted octanol–water partition coefficient (Wildman–Crippen LogP) is -2.31. The molecule has 5 nitrogen and oxygen atoms in total. The van der Waals surface area contributed by atoms with E-state index in [1.807, 2.05) is 0 Å². The summed E-state index contributed by atoms with van der Waals surface area (Å²) in [6.45, 7) is 0.432. The molecule has 0 aromatic carbocycles. The second-order valence-electron chi connectivity index (χ2n) is 2.98.